The van der Waals surface area contributed by atoms with Crippen molar-refractivity contribution in [2.24, 2.45) is 11.7 Å². The molecule has 0 unspecified atom stereocenters. The molecule has 2 atom stereocenters. The van der Waals surface area contributed by atoms with Gasteiger partial charge < -0.3 is 15.5 Å². The molecule has 0 aliphatic carbocycles. The van der Waals surface area contributed by atoms with Gasteiger partial charge in [-0.2, -0.15) is 0 Å². The average molecular weight is 474 g/mol. The molecule has 2 N–H and O–H groups in total. The molecule has 6 heteroatoms. The van der Waals surface area contributed by atoms with Crippen LogP contribution in [0.1, 0.15) is 48.8 Å². The fourth-order valence-corrected chi connectivity index (χ4v) is 5.05. The zero-order chi connectivity index (χ0) is 24.0. The zero-order valence-corrected chi connectivity index (χ0v) is 20.8. The monoisotopic (exact) mass is 473 g/mol. The number of hydrogen-bond donors (Lipinski definition) is 1. The number of benzene rings is 2. The van der Waals surface area contributed by atoms with Gasteiger partial charge in [0.2, 0.25) is 5.91 Å². The number of carbonyl (C=O) groups excluding carboxylic acids is 1. The second-order valence-corrected chi connectivity index (χ2v) is 10.1. The number of likely N-dealkylation sites (tertiary alicyclic amines) is 1. The lowest BCUT2D eigenvalue weighted by Gasteiger charge is -2.35. The van der Waals surface area contributed by atoms with E-state index in [-0.39, 0.29) is 11.7 Å². The summed E-state index contributed by atoms with van der Waals surface area (Å²) in [5, 5.41) is 0.674. The highest BCUT2D eigenvalue weighted by Crippen LogP contribution is 2.32. The normalized spacial score (nSPS) is 16.8. The van der Waals surface area contributed by atoms with Crippen molar-refractivity contribution in [3.63, 3.8) is 0 Å². The van der Waals surface area contributed by atoms with Crippen LogP contribution in [0.5, 0.6) is 0 Å². The molecule has 3 rings (SSSR count). The summed E-state index contributed by atoms with van der Waals surface area (Å²) in [6.07, 6.45) is 4.20. The first-order chi connectivity index (χ1) is 15.8. The molecule has 180 valence electrons. The van der Waals surface area contributed by atoms with Gasteiger partial charge in [0.1, 0.15) is 5.82 Å². The van der Waals surface area contributed by atoms with Crippen LogP contribution in [0.15, 0.2) is 42.5 Å². The summed E-state index contributed by atoms with van der Waals surface area (Å²) in [5.74, 6) is 0.663. The van der Waals surface area contributed by atoms with Crippen LogP contribution in [0.4, 0.5) is 4.39 Å². The van der Waals surface area contributed by atoms with Gasteiger partial charge >= 0.3 is 0 Å². The minimum absolute atomic E-state index is 0.000223. The van der Waals surface area contributed by atoms with Crippen molar-refractivity contribution in [3.05, 3.63) is 70.0 Å². The molecule has 1 aliphatic rings. The lowest BCUT2D eigenvalue weighted by molar-refractivity contribution is -0.133. The first kappa shape index (κ1) is 25.7. The van der Waals surface area contributed by atoms with Gasteiger partial charge in [-0.15, -0.1) is 0 Å². The highest BCUT2D eigenvalue weighted by atomic mass is 35.5. The van der Waals surface area contributed by atoms with Crippen molar-refractivity contribution in [1.29, 1.82) is 0 Å². The molecule has 2 aromatic rings. The molecule has 0 radical (unpaired) electrons. The number of piperidine rings is 1. The SMILES string of the molecule is CC[C@H](Cc1cc(F)ccc1C1CCN(C(=O)[C@H](N)Cc2ccc(Cl)cc2)CC1)CN(C)C. The zero-order valence-electron chi connectivity index (χ0n) is 20.1. The number of hydrogen-bond acceptors (Lipinski definition) is 3. The van der Waals surface area contributed by atoms with Gasteiger partial charge in [0.25, 0.3) is 0 Å². The van der Waals surface area contributed by atoms with E-state index < -0.39 is 6.04 Å². The van der Waals surface area contributed by atoms with Gasteiger partial charge in [0.15, 0.2) is 0 Å². The summed E-state index contributed by atoms with van der Waals surface area (Å²) in [5.41, 5.74) is 9.61. The molecule has 1 saturated heterocycles. The Hall–Kier alpha value is -1.95. The van der Waals surface area contributed by atoms with E-state index in [4.69, 9.17) is 17.3 Å². The van der Waals surface area contributed by atoms with Crippen molar-refractivity contribution in [3.8, 4) is 0 Å². The van der Waals surface area contributed by atoms with Gasteiger partial charge in [-0.05, 0) is 92.6 Å². The van der Waals surface area contributed by atoms with Gasteiger partial charge in [-0.1, -0.05) is 43.1 Å². The summed E-state index contributed by atoms with van der Waals surface area (Å²) >= 11 is 5.95. The van der Waals surface area contributed by atoms with Crippen LogP contribution in [-0.2, 0) is 17.6 Å². The molecule has 4 nitrogen and oxygen atoms in total. The predicted molar refractivity (Wildman–Crippen MR) is 134 cm³/mol. The average Bonchev–Trinajstić information content (AvgIpc) is 2.79. The largest absolute Gasteiger partial charge is 0.341 e. The summed E-state index contributed by atoms with van der Waals surface area (Å²) in [4.78, 5) is 17.0. The van der Waals surface area contributed by atoms with Crippen LogP contribution in [0.2, 0.25) is 5.02 Å². The Balaban J connectivity index is 1.62. The number of carbonyl (C=O) groups is 1. The third kappa shape index (κ3) is 7.26. The van der Waals surface area contributed by atoms with E-state index in [0.29, 0.717) is 36.4 Å². The Morgan fingerprint density at radius 3 is 2.42 bits per heavy atom. The molecule has 0 spiro atoms. The van der Waals surface area contributed by atoms with Gasteiger partial charge in [0.05, 0.1) is 6.04 Å². The van der Waals surface area contributed by atoms with E-state index in [2.05, 4.69) is 25.9 Å². The van der Waals surface area contributed by atoms with Crippen LogP contribution in [0.25, 0.3) is 0 Å². The maximum atomic E-state index is 14.1. The summed E-state index contributed by atoms with van der Waals surface area (Å²) in [6.45, 7) is 4.56. The summed E-state index contributed by atoms with van der Waals surface area (Å²) in [7, 11) is 4.17. The summed E-state index contributed by atoms with van der Waals surface area (Å²) in [6, 6.07) is 12.2. The fraction of sp³-hybridized carbons (Fsp3) is 0.519. The van der Waals surface area contributed by atoms with Crippen LogP contribution in [-0.4, -0.2) is 55.5 Å². The fourth-order valence-electron chi connectivity index (χ4n) is 4.92. The molecule has 1 aliphatic heterocycles. The Morgan fingerprint density at radius 1 is 1.15 bits per heavy atom. The lowest BCUT2D eigenvalue weighted by atomic mass is 9.83. The van der Waals surface area contributed by atoms with Crippen molar-refractivity contribution in [2.45, 2.75) is 51.0 Å². The summed E-state index contributed by atoms with van der Waals surface area (Å²) < 4.78 is 14.1. The number of amides is 1. The second kappa shape index (κ2) is 12.0. The predicted octanol–water partition coefficient (Wildman–Crippen LogP) is 4.89. The molecule has 1 amide bonds. The molecule has 0 aromatic heterocycles. The highest BCUT2D eigenvalue weighted by molar-refractivity contribution is 6.30. The molecule has 1 heterocycles. The van der Waals surface area contributed by atoms with E-state index in [0.717, 1.165) is 43.4 Å². The van der Waals surface area contributed by atoms with Gasteiger partial charge in [0, 0.05) is 24.7 Å². The van der Waals surface area contributed by atoms with Crippen molar-refractivity contribution >= 4 is 17.5 Å². The van der Waals surface area contributed by atoms with Gasteiger partial charge in [-0.25, -0.2) is 4.39 Å². The Labute approximate surface area is 202 Å². The van der Waals surface area contributed by atoms with Gasteiger partial charge in [-0.3, -0.25) is 4.79 Å². The number of nitrogens with two attached hydrogens (primary N) is 1. The molecule has 0 saturated carbocycles. The minimum Gasteiger partial charge on any atom is -0.341 e. The molecule has 33 heavy (non-hydrogen) atoms. The van der Waals surface area contributed by atoms with E-state index in [9.17, 15) is 9.18 Å². The number of rotatable bonds is 9. The second-order valence-electron chi connectivity index (χ2n) is 9.62. The Morgan fingerprint density at radius 2 is 1.82 bits per heavy atom. The number of halogens is 2. The van der Waals surface area contributed by atoms with Crippen LogP contribution in [0, 0.1) is 11.7 Å². The molecule has 1 fully saturated rings. The molecule has 2 aromatic carbocycles. The van der Waals surface area contributed by atoms with E-state index >= 15 is 0 Å². The Bertz CT molecular complexity index is 910. The molecular weight excluding hydrogens is 437 g/mol. The van der Waals surface area contributed by atoms with Crippen LogP contribution < -0.4 is 5.73 Å². The quantitative estimate of drug-likeness (QED) is 0.564. The van der Waals surface area contributed by atoms with Crippen molar-refractivity contribution in [2.75, 3.05) is 33.7 Å². The van der Waals surface area contributed by atoms with Crippen LogP contribution >= 0.6 is 11.6 Å². The van der Waals surface area contributed by atoms with E-state index in [1.807, 2.05) is 35.2 Å². The smallest absolute Gasteiger partial charge is 0.239 e. The van der Waals surface area contributed by atoms with Crippen molar-refractivity contribution < 1.29 is 9.18 Å². The highest BCUT2D eigenvalue weighted by Gasteiger charge is 2.28. The van der Waals surface area contributed by atoms with Crippen molar-refractivity contribution in [1.82, 2.24) is 9.80 Å². The van der Waals surface area contributed by atoms with Crippen LogP contribution in [0.3, 0.4) is 0 Å². The maximum Gasteiger partial charge on any atom is 0.239 e. The standard InChI is InChI=1S/C27H37ClFN3O/c1-4-19(18-31(2)3)15-22-17-24(29)9-10-25(22)21-11-13-32(14-12-21)27(33)26(30)16-20-5-7-23(28)8-6-20/h5-10,17,19,21,26H,4,11-16,18,30H2,1-3H3/t19-,26-/m1/s1. The topological polar surface area (TPSA) is 49.6 Å². The molecular formula is C27H37ClFN3O. The van der Waals surface area contributed by atoms with E-state index in [1.54, 1.807) is 12.1 Å². The third-order valence-electron chi connectivity index (χ3n) is 6.75. The lowest BCUT2D eigenvalue weighted by Crippen LogP contribution is -2.47. The van der Waals surface area contributed by atoms with E-state index in [1.165, 1.54) is 5.56 Å². The minimum atomic E-state index is -0.555. The first-order valence-corrected chi connectivity index (χ1v) is 12.4. The molecule has 0 bridgehead atoms. The third-order valence-corrected chi connectivity index (χ3v) is 7.00. The first-order valence-electron chi connectivity index (χ1n) is 12.0. The maximum absolute atomic E-state index is 14.1. The number of nitrogens with zero attached hydrogens (tertiary/aromatic N) is 2. The Kier molecular flexibility index (Phi) is 9.30.